The molecule has 2 heterocycles. The lowest BCUT2D eigenvalue weighted by molar-refractivity contribution is 0.238. The standard InChI is InChI=1S/C12H13ClN2O/c13-7-1-2-10-9(5-7)8-3-4-14-11(6-16)12(8)15-10/h1-2,5,11,14-16H,3-4,6H2. The molecule has 0 amide bonds. The van der Waals surface area contributed by atoms with Gasteiger partial charge in [-0.15, -0.1) is 0 Å². The van der Waals surface area contributed by atoms with Gasteiger partial charge in [0.2, 0.25) is 0 Å². The minimum atomic E-state index is 0.0231. The van der Waals surface area contributed by atoms with Gasteiger partial charge in [-0.25, -0.2) is 0 Å². The number of rotatable bonds is 1. The second-order valence-electron chi connectivity index (χ2n) is 4.15. The highest BCUT2D eigenvalue weighted by molar-refractivity contribution is 6.31. The third-order valence-corrected chi connectivity index (χ3v) is 3.43. The summed E-state index contributed by atoms with van der Waals surface area (Å²) in [5, 5.41) is 14.5. The summed E-state index contributed by atoms with van der Waals surface area (Å²) in [5.41, 5.74) is 3.48. The predicted octanol–water partition coefficient (Wildman–Crippen LogP) is 2.00. The van der Waals surface area contributed by atoms with E-state index in [9.17, 15) is 5.11 Å². The first-order valence-corrected chi connectivity index (χ1v) is 5.81. The van der Waals surface area contributed by atoms with Crippen LogP contribution in [0, 0.1) is 0 Å². The van der Waals surface area contributed by atoms with Crippen molar-refractivity contribution in [3.05, 3.63) is 34.5 Å². The molecule has 0 bridgehead atoms. The Balaban J connectivity index is 2.24. The number of aromatic amines is 1. The number of aromatic nitrogens is 1. The zero-order chi connectivity index (χ0) is 11.1. The molecule has 1 atom stereocenters. The first-order valence-electron chi connectivity index (χ1n) is 5.44. The Labute approximate surface area is 98.4 Å². The van der Waals surface area contributed by atoms with Crippen LogP contribution in [-0.4, -0.2) is 23.2 Å². The number of nitrogens with one attached hydrogen (secondary N) is 2. The van der Waals surface area contributed by atoms with E-state index in [1.54, 1.807) is 0 Å². The molecule has 2 aromatic rings. The van der Waals surface area contributed by atoms with Gasteiger partial charge in [-0.2, -0.15) is 0 Å². The Morgan fingerprint density at radius 2 is 2.31 bits per heavy atom. The number of aliphatic hydroxyl groups is 1. The number of fused-ring (bicyclic) bond motifs is 3. The molecule has 1 aliphatic rings. The molecule has 3 nitrogen and oxygen atoms in total. The van der Waals surface area contributed by atoms with E-state index in [2.05, 4.69) is 10.3 Å². The van der Waals surface area contributed by atoms with E-state index in [0.29, 0.717) is 0 Å². The summed E-state index contributed by atoms with van der Waals surface area (Å²) < 4.78 is 0. The van der Waals surface area contributed by atoms with Crippen LogP contribution in [0.25, 0.3) is 10.9 Å². The predicted molar refractivity (Wildman–Crippen MR) is 64.8 cm³/mol. The van der Waals surface area contributed by atoms with Crippen molar-refractivity contribution in [1.29, 1.82) is 0 Å². The second kappa shape index (κ2) is 3.77. The van der Waals surface area contributed by atoms with Crippen molar-refractivity contribution in [1.82, 2.24) is 10.3 Å². The fraction of sp³-hybridized carbons (Fsp3) is 0.333. The second-order valence-corrected chi connectivity index (χ2v) is 4.58. The fourth-order valence-corrected chi connectivity index (χ4v) is 2.61. The van der Waals surface area contributed by atoms with Gasteiger partial charge < -0.3 is 15.4 Å². The van der Waals surface area contributed by atoms with Crippen LogP contribution in [0.5, 0.6) is 0 Å². The smallest absolute Gasteiger partial charge is 0.0710 e. The zero-order valence-electron chi connectivity index (χ0n) is 8.76. The van der Waals surface area contributed by atoms with Gasteiger partial charge in [0.1, 0.15) is 0 Å². The monoisotopic (exact) mass is 236 g/mol. The summed E-state index contributed by atoms with van der Waals surface area (Å²) >= 11 is 6.01. The number of aliphatic hydroxyl groups excluding tert-OH is 1. The van der Waals surface area contributed by atoms with Crippen molar-refractivity contribution in [3.8, 4) is 0 Å². The van der Waals surface area contributed by atoms with E-state index in [1.807, 2.05) is 18.2 Å². The maximum absolute atomic E-state index is 9.31. The van der Waals surface area contributed by atoms with E-state index < -0.39 is 0 Å². The van der Waals surface area contributed by atoms with Crippen molar-refractivity contribution < 1.29 is 5.11 Å². The normalized spacial score (nSPS) is 20.0. The van der Waals surface area contributed by atoms with Gasteiger partial charge in [-0.05, 0) is 36.7 Å². The first-order chi connectivity index (χ1) is 7.79. The van der Waals surface area contributed by atoms with Crippen LogP contribution in [0.15, 0.2) is 18.2 Å². The Morgan fingerprint density at radius 3 is 3.12 bits per heavy atom. The van der Waals surface area contributed by atoms with Gasteiger partial charge in [0.25, 0.3) is 0 Å². The van der Waals surface area contributed by atoms with Crippen LogP contribution in [0.2, 0.25) is 5.02 Å². The van der Waals surface area contributed by atoms with Crippen molar-refractivity contribution in [3.63, 3.8) is 0 Å². The van der Waals surface area contributed by atoms with Crippen LogP contribution in [0.1, 0.15) is 17.3 Å². The third kappa shape index (κ3) is 1.44. The van der Waals surface area contributed by atoms with Crippen molar-refractivity contribution in [2.45, 2.75) is 12.5 Å². The molecule has 0 saturated heterocycles. The molecule has 0 spiro atoms. The van der Waals surface area contributed by atoms with Gasteiger partial charge >= 0.3 is 0 Å². The molecule has 3 rings (SSSR count). The minimum Gasteiger partial charge on any atom is -0.394 e. The number of hydrogen-bond donors (Lipinski definition) is 3. The number of benzene rings is 1. The van der Waals surface area contributed by atoms with E-state index in [0.717, 1.165) is 29.2 Å². The lowest BCUT2D eigenvalue weighted by atomic mass is 10.00. The molecular formula is C12H13ClN2O. The van der Waals surface area contributed by atoms with E-state index in [1.165, 1.54) is 10.9 Å². The third-order valence-electron chi connectivity index (χ3n) is 3.20. The lowest BCUT2D eigenvalue weighted by Gasteiger charge is -2.22. The highest BCUT2D eigenvalue weighted by atomic mass is 35.5. The molecule has 1 aliphatic heterocycles. The Morgan fingerprint density at radius 1 is 1.44 bits per heavy atom. The van der Waals surface area contributed by atoms with E-state index >= 15 is 0 Å². The highest BCUT2D eigenvalue weighted by Gasteiger charge is 2.22. The molecule has 84 valence electrons. The maximum atomic E-state index is 9.31. The average Bonchev–Trinajstić information content (AvgIpc) is 2.67. The molecule has 0 saturated carbocycles. The van der Waals surface area contributed by atoms with Crippen LogP contribution < -0.4 is 5.32 Å². The Hall–Kier alpha value is -1.03. The quantitative estimate of drug-likeness (QED) is 0.709. The molecule has 0 radical (unpaired) electrons. The molecule has 1 aromatic heterocycles. The molecule has 0 fully saturated rings. The molecule has 1 aromatic carbocycles. The molecule has 4 heteroatoms. The van der Waals surface area contributed by atoms with E-state index in [-0.39, 0.29) is 12.6 Å². The summed E-state index contributed by atoms with van der Waals surface area (Å²) in [7, 11) is 0. The van der Waals surface area contributed by atoms with Gasteiger partial charge in [0.15, 0.2) is 0 Å². The Kier molecular flexibility index (Phi) is 2.39. The topological polar surface area (TPSA) is 48.0 Å². The molecular weight excluding hydrogens is 224 g/mol. The van der Waals surface area contributed by atoms with Gasteiger partial charge in [-0.1, -0.05) is 11.6 Å². The highest BCUT2D eigenvalue weighted by Crippen LogP contribution is 2.31. The minimum absolute atomic E-state index is 0.0231. The summed E-state index contributed by atoms with van der Waals surface area (Å²) in [4.78, 5) is 3.36. The van der Waals surface area contributed by atoms with Crippen molar-refractivity contribution >= 4 is 22.5 Å². The number of hydrogen-bond acceptors (Lipinski definition) is 2. The molecule has 0 aliphatic carbocycles. The summed E-state index contributed by atoms with van der Waals surface area (Å²) in [6.45, 7) is 1.02. The lowest BCUT2D eigenvalue weighted by Crippen LogP contribution is -2.31. The Bertz CT molecular complexity index is 535. The largest absolute Gasteiger partial charge is 0.394 e. The summed E-state index contributed by atoms with van der Waals surface area (Å²) in [6, 6.07) is 5.89. The van der Waals surface area contributed by atoms with Gasteiger partial charge in [-0.3, -0.25) is 0 Å². The SMILES string of the molecule is OCC1NCCc2c1[nH]c1ccc(Cl)cc21. The molecule has 1 unspecified atom stereocenters. The van der Waals surface area contributed by atoms with Gasteiger partial charge in [0, 0.05) is 21.6 Å². The van der Waals surface area contributed by atoms with E-state index in [4.69, 9.17) is 11.6 Å². The first kappa shape index (κ1) is 10.1. The van der Waals surface area contributed by atoms with Crippen molar-refractivity contribution in [2.24, 2.45) is 0 Å². The van der Waals surface area contributed by atoms with Crippen molar-refractivity contribution in [2.75, 3.05) is 13.2 Å². The molecule has 16 heavy (non-hydrogen) atoms. The number of H-pyrrole nitrogens is 1. The molecule has 3 N–H and O–H groups in total. The summed E-state index contributed by atoms with van der Waals surface area (Å²) in [5.74, 6) is 0. The summed E-state index contributed by atoms with van der Waals surface area (Å²) in [6.07, 6.45) is 0.978. The average molecular weight is 237 g/mol. The van der Waals surface area contributed by atoms with Crippen LogP contribution in [-0.2, 0) is 6.42 Å². The van der Waals surface area contributed by atoms with Gasteiger partial charge in [0.05, 0.1) is 12.6 Å². The van der Waals surface area contributed by atoms with Crippen LogP contribution >= 0.6 is 11.6 Å². The maximum Gasteiger partial charge on any atom is 0.0710 e. The van der Waals surface area contributed by atoms with Crippen LogP contribution in [0.4, 0.5) is 0 Å². The van der Waals surface area contributed by atoms with Crippen LogP contribution in [0.3, 0.4) is 0 Å². The number of halogens is 1. The zero-order valence-corrected chi connectivity index (χ0v) is 9.51. The fourth-order valence-electron chi connectivity index (χ4n) is 2.44.